The number of nitrogens with one attached hydrogen (secondary N) is 1. The molecule has 0 amide bonds. The maximum absolute atomic E-state index is 13.3. The number of rotatable bonds is 6. The summed E-state index contributed by atoms with van der Waals surface area (Å²) in [6, 6.07) is 9.47. The van der Waals surface area contributed by atoms with Crippen LogP contribution in [0.15, 0.2) is 45.9 Å². The fourth-order valence-electron chi connectivity index (χ4n) is 1.91. The Kier molecular flexibility index (Phi) is 3.89. The second-order valence-electron chi connectivity index (χ2n) is 4.78. The number of furan rings is 1. The highest BCUT2D eigenvalue weighted by atomic mass is 32.2. The van der Waals surface area contributed by atoms with Crippen LogP contribution in [-0.2, 0) is 12.3 Å². The molecule has 1 aromatic carbocycles. The predicted octanol–water partition coefficient (Wildman–Crippen LogP) is 3.96. The summed E-state index contributed by atoms with van der Waals surface area (Å²) in [6.07, 6.45) is 4.16. The largest absolute Gasteiger partial charge is 0.468 e. The van der Waals surface area contributed by atoms with E-state index >= 15 is 0 Å². The van der Waals surface area contributed by atoms with E-state index in [1.807, 2.05) is 18.2 Å². The molecule has 1 aliphatic carbocycles. The Morgan fingerprint density at radius 3 is 2.95 bits per heavy atom. The molecule has 4 heteroatoms. The van der Waals surface area contributed by atoms with Crippen LogP contribution in [0, 0.1) is 5.82 Å². The lowest BCUT2D eigenvalue weighted by molar-refractivity contribution is 0.530. The molecule has 1 N–H and O–H groups in total. The number of hydrogen-bond acceptors (Lipinski definition) is 3. The van der Waals surface area contributed by atoms with E-state index in [4.69, 9.17) is 4.42 Å². The minimum Gasteiger partial charge on any atom is -0.468 e. The number of thioether (sulfide) groups is 1. The number of halogens is 1. The molecule has 0 atom stereocenters. The first-order valence-electron chi connectivity index (χ1n) is 6.48. The van der Waals surface area contributed by atoms with Crippen molar-refractivity contribution in [2.45, 2.75) is 36.1 Å². The molecular weight excluding hydrogens is 261 g/mol. The SMILES string of the molecule is Fc1ccc(SCc2ccco2)c(CNC2CC2)c1. The van der Waals surface area contributed by atoms with Crippen LogP contribution in [0.4, 0.5) is 4.39 Å². The molecule has 100 valence electrons. The molecule has 0 aliphatic heterocycles. The third-order valence-electron chi connectivity index (χ3n) is 3.13. The maximum atomic E-state index is 13.3. The van der Waals surface area contributed by atoms with Gasteiger partial charge in [-0.2, -0.15) is 0 Å². The molecule has 19 heavy (non-hydrogen) atoms. The quantitative estimate of drug-likeness (QED) is 0.809. The lowest BCUT2D eigenvalue weighted by Gasteiger charge is -2.09. The summed E-state index contributed by atoms with van der Waals surface area (Å²) in [5.74, 6) is 1.54. The predicted molar refractivity (Wildman–Crippen MR) is 74.5 cm³/mol. The van der Waals surface area contributed by atoms with Crippen LogP contribution in [-0.4, -0.2) is 6.04 Å². The summed E-state index contributed by atoms with van der Waals surface area (Å²) < 4.78 is 18.7. The molecular formula is C15H16FNOS. The average Bonchev–Trinajstić information content (AvgIpc) is 3.10. The van der Waals surface area contributed by atoms with Gasteiger partial charge in [-0.25, -0.2) is 4.39 Å². The topological polar surface area (TPSA) is 25.2 Å². The molecule has 2 aromatic rings. The van der Waals surface area contributed by atoms with Gasteiger partial charge in [-0.3, -0.25) is 0 Å². The van der Waals surface area contributed by atoms with E-state index in [-0.39, 0.29) is 5.82 Å². The maximum Gasteiger partial charge on any atom is 0.123 e. The fourth-order valence-corrected chi connectivity index (χ4v) is 2.86. The molecule has 2 nitrogen and oxygen atoms in total. The van der Waals surface area contributed by atoms with Gasteiger partial charge >= 0.3 is 0 Å². The Morgan fingerprint density at radius 2 is 2.21 bits per heavy atom. The molecule has 1 aromatic heterocycles. The zero-order valence-electron chi connectivity index (χ0n) is 10.6. The van der Waals surface area contributed by atoms with Gasteiger partial charge in [0.15, 0.2) is 0 Å². The van der Waals surface area contributed by atoms with Crippen molar-refractivity contribution in [2.24, 2.45) is 0 Å². The van der Waals surface area contributed by atoms with Gasteiger partial charge in [0.25, 0.3) is 0 Å². The van der Waals surface area contributed by atoms with Crippen molar-refractivity contribution in [2.75, 3.05) is 0 Å². The number of benzene rings is 1. The first-order valence-corrected chi connectivity index (χ1v) is 7.47. The summed E-state index contributed by atoms with van der Waals surface area (Å²) >= 11 is 1.69. The van der Waals surface area contributed by atoms with Gasteiger partial charge in [0.1, 0.15) is 11.6 Å². The van der Waals surface area contributed by atoms with E-state index in [0.717, 1.165) is 28.5 Å². The van der Waals surface area contributed by atoms with Gasteiger partial charge in [0.2, 0.25) is 0 Å². The fraction of sp³-hybridized carbons (Fsp3) is 0.333. The molecule has 3 rings (SSSR count). The first-order chi connectivity index (χ1) is 9.31. The van der Waals surface area contributed by atoms with Gasteiger partial charge < -0.3 is 9.73 Å². The van der Waals surface area contributed by atoms with E-state index < -0.39 is 0 Å². The monoisotopic (exact) mass is 277 g/mol. The van der Waals surface area contributed by atoms with Crippen molar-refractivity contribution >= 4 is 11.8 Å². The summed E-state index contributed by atoms with van der Waals surface area (Å²) in [5.41, 5.74) is 1.03. The standard InChI is InChI=1S/C15H16FNOS/c16-12-3-6-15(19-10-14-2-1-7-18-14)11(8-12)9-17-13-4-5-13/h1-3,6-8,13,17H,4-5,9-10H2. The van der Waals surface area contributed by atoms with Crippen molar-refractivity contribution in [1.82, 2.24) is 5.32 Å². The van der Waals surface area contributed by atoms with Gasteiger partial charge in [-0.1, -0.05) is 0 Å². The Labute approximate surface area is 116 Å². The summed E-state index contributed by atoms with van der Waals surface area (Å²) in [5, 5.41) is 3.43. The smallest absolute Gasteiger partial charge is 0.123 e. The highest BCUT2D eigenvalue weighted by molar-refractivity contribution is 7.98. The van der Waals surface area contributed by atoms with Crippen LogP contribution in [0.25, 0.3) is 0 Å². The molecule has 0 radical (unpaired) electrons. The zero-order valence-corrected chi connectivity index (χ0v) is 11.4. The molecule has 0 spiro atoms. The second-order valence-corrected chi connectivity index (χ2v) is 5.79. The van der Waals surface area contributed by atoms with Crippen LogP contribution < -0.4 is 5.32 Å². The highest BCUT2D eigenvalue weighted by Gasteiger charge is 2.20. The van der Waals surface area contributed by atoms with Crippen LogP contribution in [0.2, 0.25) is 0 Å². The first kappa shape index (κ1) is 12.8. The van der Waals surface area contributed by atoms with Gasteiger partial charge in [0.05, 0.1) is 12.0 Å². The molecule has 0 unspecified atom stereocenters. The minimum atomic E-state index is -0.171. The van der Waals surface area contributed by atoms with Gasteiger partial charge in [0, 0.05) is 17.5 Å². The van der Waals surface area contributed by atoms with Crippen molar-refractivity contribution in [1.29, 1.82) is 0 Å². The average molecular weight is 277 g/mol. The Hall–Kier alpha value is -1.26. The van der Waals surface area contributed by atoms with E-state index in [1.54, 1.807) is 24.1 Å². The van der Waals surface area contributed by atoms with E-state index in [9.17, 15) is 4.39 Å². The van der Waals surface area contributed by atoms with Gasteiger partial charge in [-0.15, -0.1) is 11.8 Å². The van der Waals surface area contributed by atoms with Gasteiger partial charge in [-0.05, 0) is 48.7 Å². The Bertz CT molecular complexity index is 537. The lowest BCUT2D eigenvalue weighted by atomic mass is 10.2. The van der Waals surface area contributed by atoms with E-state index in [1.165, 1.54) is 18.9 Å². The summed E-state index contributed by atoms with van der Waals surface area (Å²) in [7, 11) is 0. The highest BCUT2D eigenvalue weighted by Crippen LogP contribution is 2.28. The molecule has 0 saturated heterocycles. The van der Waals surface area contributed by atoms with Crippen LogP contribution in [0.5, 0.6) is 0 Å². The van der Waals surface area contributed by atoms with Crippen molar-refractivity contribution < 1.29 is 8.81 Å². The molecule has 1 fully saturated rings. The van der Waals surface area contributed by atoms with E-state index in [0.29, 0.717) is 6.04 Å². The lowest BCUT2D eigenvalue weighted by Crippen LogP contribution is -2.16. The summed E-state index contributed by atoms with van der Waals surface area (Å²) in [4.78, 5) is 1.12. The molecule has 1 aliphatic rings. The van der Waals surface area contributed by atoms with Crippen molar-refractivity contribution in [3.8, 4) is 0 Å². The van der Waals surface area contributed by atoms with Crippen LogP contribution in [0.1, 0.15) is 24.2 Å². The Morgan fingerprint density at radius 1 is 1.32 bits per heavy atom. The normalized spacial score (nSPS) is 14.8. The van der Waals surface area contributed by atoms with Crippen molar-refractivity contribution in [3.05, 3.63) is 53.7 Å². The van der Waals surface area contributed by atoms with Crippen molar-refractivity contribution in [3.63, 3.8) is 0 Å². The molecule has 0 bridgehead atoms. The molecule has 1 saturated carbocycles. The van der Waals surface area contributed by atoms with Crippen LogP contribution in [0.3, 0.4) is 0 Å². The second kappa shape index (κ2) is 5.80. The third-order valence-corrected chi connectivity index (χ3v) is 4.27. The Balaban J connectivity index is 1.67. The van der Waals surface area contributed by atoms with Crippen LogP contribution >= 0.6 is 11.8 Å². The van der Waals surface area contributed by atoms with E-state index in [2.05, 4.69) is 5.32 Å². The third kappa shape index (κ3) is 3.61. The number of hydrogen-bond donors (Lipinski definition) is 1. The minimum absolute atomic E-state index is 0.171. The molecule has 1 heterocycles. The summed E-state index contributed by atoms with van der Waals surface area (Å²) in [6.45, 7) is 0.739. The zero-order chi connectivity index (χ0) is 13.1.